The first-order chi connectivity index (χ1) is 8.33. The summed E-state index contributed by atoms with van der Waals surface area (Å²) in [7, 11) is 1.15. The van der Waals surface area contributed by atoms with Crippen molar-refractivity contribution in [3.8, 4) is 0 Å². The van der Waals surface area contributed by atoms with Crippen molar-refractivity contribution in [2.24, 2.45) is 0 Å². The average Bonchev–Trinajstić information content (AvgIpc) is 2.27. The van der Waals surface area contributed by atoms with Gasteiger partial charge in [0.15, 0.2) is 0 Å². The summed E-state index contributed by atoms with van der Waals surface area (Å²) in [6, 6.07) is -0.109. The summed E-state index contributed by atoms with van der Waals surface area (Å²) in [5.74, 6) is -0.562. The minimum absolute atomic E-state index is 0.0577. The zero-order valence-electron chi connectivity index (χ0n) is 10.4. The Labute approximate surface area is 104 Å². The van der Waals surface area contributed by atoms with Crippen LogP contribution in [0, 0.1) is 0 Å². The van der Waals surface area contributed by atoms with Crippen LogP contribution in [0.2, 0.25) is 0 Å². The van der Waals surface area contributed by atoms with Gasteiger partial charge in [-0.3, -0.25) is 9.69 Å². The fraction of sp³-hybridized carbons (Fsp3) is 0.909. The predicted molar refractivity (Wildman–Crippen MR) is 60.0 cm³/mol. The van der Waals surface area contributed by atoms with E-state index in [1.807, 2.05) is 0 Å². The van der Waals surface area contributed by atoms with Crippen molar-refractivity contribution in [1.29, 1.82) is 0 Å². The van der Waals surface area contributed by atoms with Crippen molar-refractivity contribution in [3.63, 3.8) is 0 Å². The second-order valence-electron chi connectivity index (χ2n) is 4.67. The third-order valence-corrected chi connectivity index (χ3v) is 3.14. The molecule has 0 aliphatic carbocycles. The van der Waals surface area contributed by atoms with E-state index >= 15 is 0 Å². The number of piperidine rings is 1. The molecule has 18 heavy (non-hydrogen) atoms. The van der Waals surface area contributed by atoms with E-state index in [-0.39, 0.29) is 19.2 Å². The van der Waals surface area contributed by atoms with Crippen LogP contribution < -0.4 is 0 Å². The fourth-order valence-electron chi connectivity index (χ4n) is 2.13. The van der Waals surface area contributed by atoms with Gasteiger partial charge in [0, 0.05) is 13.1 Å². The highest BCUT2D eigenvalue weighted by molar-refractivity contribution is 5.78. The molecule has 1 saturated heterocycles. The van der Waals surface area contributed by atoms with Gasteiger partial charge in [0.1, 0.15) is 6.54 Å². The van der Waals surface area contributed by atoms with Gasteiger partial charge >= 0.3 is 6.18 Å². The fourth-order valence-corrected chi connectivity index (χ4v) is 2.13. The van der Waals surface area contributed by atoms with Gasteiger partial charge in [-0.1, -0.05) is 6.42 Å². The molecule has 7 heteroatoms. The zero-order valence-corrected chi connectivity index (χ0v) is 10.4. The second-order valence-corrected chi connectivity index (χ2v) is 4.67. The SMILES string of the molecule is CN(CC(F)(F)F)C(=O)CN1CCCCC1CO. The van der Waals surface area contributed by atoms with Crippen LogP contribution in [0.4, 0.5) is 13.2 Å². The quantitative estimate of drug-likeness (QED) is 0.822. The molecule has 0 aromatic rings. The maximum atomic E-state index is 12.1. The van der Waals surface area contributed by atoms with Crippen molar-refractivity contribution in [1.82, 2.24) is 9.80 Å². The van der Waals surface area contributed by atoms with Gasteiger partial charge in [0.25, 0.3) is 0 Å². The molecule has 0 radical (unpaired) electrons. The summed E-state index contributed by atoms with van der Waals surface area (Å²) in [6.07, 6.45) is -1.70. The highest BCUT2D eigenvalue weighted by Crippen LogP contribution is 2.18. The van der Waals surface area contributed by atoms with Crippen molar-refractivity contribution in [2.75, 3.05) is 33.3 Å². The number of hydrogen-bond acceptors (Lipinski definition) is 3. The van der Waals surface area contributed by atoms with Gasteiger partial charge in [-0.25, -0.2) is 0 Å². The number of carbonyl (C=O) groups excluding carboxylic acids is 1. The molecule has 1 unspecified atom stereocenters. The molecule has 1 heterocycles. The van der Waals surface area contributed by atoms with E-state index in [0.29, 0.717) is 11.4 Å². The second kappa shape index (κ2) is 6.38. The minimum Gasteiger partial charge on any atom is -0.395 e. The van der Waals surface area contributed by atoms with E-state index in [9.17, 15) is 18.0 Å². The summed E-state index contributed by atoms with van der Waals surface area (Å²) in [5.41, 5.74) is 0. The Balaban J connectivity index is 2.47. The first-order valence-electron chi connectivity index (χ1n) is 5.99. The maximum Gasteiger partial charge on any atom is 0.406 e. The lowest BCUT2D eigenvalue weighted by atomic mass is 10.0. The van der Waals surface area contributed by atoms with Crippen LogP contribution in [0.25, 0.3) is 0 Å². The molecule has 1 rings (SSSR count). The number of hydrogen-bond donors (Lipinski definition) is 1. The normalized spacial score (nSPS) is 21.9. The van der Waals surface area contributed by atoms with Gasteiger partial charge in [-0.05, 0) is 19.4 Å². The van der Waals surface area contributed by atoms with Crippen LogP contribution in [0.1, 0.15) is 19.3 Å². The van der Waals surface area contributed by atoms with Crippen LogP contribution in [-0.2, 0) is 4.79 Å². The molecule has 1 atom stereocenters. The molecule has 0 spiro atoms. The highest BCUT2D eigenvalue weighted by atomic mass is 19.4. The molecule has 0 aromatic carbocycles. The standard InChI is InChI=1S/C11H19F3N2O2/c1-15(8-11(12,13)14)10(18)6-16-5-3-2-4-9(16)7-17/h9,17H,2-8H2,1H3. The van der Waals surface area contributed by atoms with E-state index in [1.165, 1.54) is 0 Å². The third-order valence-electron chi connectivity index (χ3n) is 3.14. The topological polar surface area (TPSA) is 43.8 Å². The number of aliphatic hydroxyl groups is 1. The monoisotopic (exact) mass is 268 g/mol. The molecule has 0 aromatic heterocycles. The molecule has 0 saturated carbocycles. The summed E-state index contributed by atoms with van der Waals surface area (Å²) >= 11 is 0. The molecular weight excluding hydrogens is 249 g/mol. The molecule has 1 fully saturated rings. The maximum absolute atomic E-state index is 12.1. The van der Waals surface area contributed by atoms with Crippen LogP contribution in [0.5, 0.6) is 0 Å². The number of amides is 1. The Kier molecular flexibility index (Phi) is 5.40. The number of alkyl halides is 3. The smallest absolute Gasteiger partial charge is 0.395 e. The Hall–Kier alpha value is -0.820. The number of nitrogens with zero attached hydrogens (tertiary/aromatic N) is 2. The van der Waals surface area contributed by atoms with Gasteiger partial charge < -0.3 is 10.0 Å². The van der Waals surface area contributed by atoms with Gasteiger partial charge in [0.05, 0.1) is 13.2 Å². The number of likely N-dealkylation sites (tertiary alicyclic amines) is 1. The average molecular weight is 268 g/mol. The van der Waals surface area contributed by atoms with Gasteiger partial charge in [0.2, 0.25) is 5.91 Å². The predicted octanol–water partition coefficient (Wildman–Crippen LogP) is 0.854. The summed E-state index contributed by atoms with van der Waals surface area (Å²) in [5, 5.41) is 9.15. The van der Waals surface area contributed by atoms with E-state index in [2.05, 4.69) is 0 Å². The molecule has 106 valence electrons. The Bertz CT molecular complexity index is 284. The lowest BCUT2D eigenvalue weighted by Crippen LogP contribution is -2.48. The lowest BCUT2D eigenvalue weighted by molar-refractivity contribution is -0.159. The molecule has 1 aliphatic rings. The third kappa shape index (κ3) is 4.81. The van der Waals surface area contributed by atoms with Crippen LogP contribution in [0.15, 0.2) is 0 Å². The highest BCUT2D eigenvalue weighted by Gasteiger charge is 2.32. The molecule has 4 nitrogen and oxygen atoms in total. The number of aliphatic hydroxyl groups excluding tert-OH is 1. The Morgan fingerprint density at radius 2 is 2.11 bits per heavy atom. The summed E-state index contributed by atoms with van der Waals surface area (Å²) in [6.45, 7) is -0.700. The van der Waals surface area contributed by atoms with Gasteiger partial charge in [-0.15, -0.1) is 0 Å². The van der Waals surface area contributed by atoms with Crippen molar-refractivity contribution in [2.45, 2.75) is 31.5 Å². The summed E-state index contributed by atoms with van der Waals surface area (Å²) < 4.78 is 36.4. The molecule has 1 aliphatic heterocycles. The Morgan fingerprint density at radius 3 is 2.67 bits per heavy atom. The van der Waals surface area contributed by atoms with E-state index in [1.54, 1.807) is 4.90 Å². The van der Waals surface area contributed by atoms with Gasteiger partial charge in [-0.2, -0.15) is 13.2 Å². The van der Waals surface area contributed by atoms with E-state index < -0.39 is 18.6 Å². The van der Waals surface area contributed by atoms with Crippen LogP contribution >= 0.6 is 0 Å². The number of likely N-dealkylation sites (N-methyl/N-ethyl adjacent to an activating group) is 1. The lowest BCUT2D eigenvalue weighted by Gasteiger charge is -2.35. The number of carbonyl (C=O) groups is 1. The minimum atomic E-state index is -4.37. The van der Waals surface area contributed by atoms with Crippen molar-refractivity contribution >= 4 is 5.91 Å². The van der Waals surface area contributed by atoms with Crippen LogP contribution in [-0.4, -0.2) is 66.3 Å². The molecule has 0 bridgehead atoms. The number of rotatable bonds is 4. The zero-order chi connectivity index (χ0) is 13.8. The van der Waals surface area contributed by atoms with E-state index in [0.717, 1.165) is 26.3 Å². The molecule has 1 amide bonds. The molecular formula is C11H19F3N2O2. The van der Waals surface area contributed by atoms with Crippen molar-refractivity contribution < 1.29 is 23.1 Å². The van der Waals surface area contributed by atoms with Crippen molar-refractivity contribution in [3.05, 3.63) is 0 Å². The Morgan fingerprint density at radius 1 is 1.44 bits per heavy atom. The number of halogens is 3. The first-order valence-corrected chi connectivity index (χ1v) is 5.99. The van der Waals surface area contributed by atoms with E-state index in [4.69, 9.17) is 5.11 Å². The molecule has 1 N–H and O–H groups in total. The summed E-state index contributed by atoms with van der Waals surface area (Å²) in [4.78, 5) is 14.1. The largest absolute Gasteiger partial charge is 0.406 e. The van der Waals surface area contributed by atoms with Crippen LogP contribution in [0.3, 0.4) is 0 Å². The first kappa shape index (κ1) is 15.2.